The maximum absolute atomic E-state index is 5.93. The van der Waals surface area contributed by atoms with Crippen molar-refractivity contribution in [3.05, 3.63) is 53.1 Å². The summed E-state index contributed by atoms with van der Waals surface area (Å²) < 4.78 is 0. The Bertz CT molecular complexity index is 820. The molecule has 0 fully saturated rings. The van der Waals surface area contributed by atoms with Crippen LogP contribution in [0.5, 0.6) is 0 Å². The van der Waals surface area contributed by atoms with Gasteiger partial charge in [-0.1, -0.05) is 23.7 Å². The third kappa shape index (κ3) is 3.10. The van der Waals surface area contributed by atoms with Crippen LogP contribution in [-0.4, -0.2) is 9.97 Å². The van der Waals surface area contributed by atoms with E-state index in [-0.39, 0.29) is 5.95 Å². The van der Waals surface area contributed by atoms with Crippen molar-refractivity contribution < 1.29 is 0 Å². The minimum atomic E-state index is 0.194. The van der Waals surface area contributed by atoms with Gasteiger partial charge in [0.25, 0.3) is 0 Å². The molecule has 6 heteroatoms. The topological polar surface area (TPSA) is 77.8 Å². The molecule has 0 amide bonds. The molecule has 0 saturated carbocycles. The van der Waals surface area contributed by atoms with Gasteiger partial charge in [-0.05, 0) is 42.8 Å². The molecule has 0 aliphatic rings. The van der Waals surface area contributed by atoms with Gasteiger partial charge in [0, 0.05) is 20.6 Å². The SMILES string of the molecule is C[C@@H](Sc1ccc2nc(N)nc(N)c2c1)c1ccc(Cl)cc1. The van der Waals surface area contributed by atoms with Crippen molar-refractivity contribution in [3.63, 3.8) is 0 Å². The van der Waals surface area contributed by atoms with E-state index in [0.717, 1.165) is 20.8 Å². The van der Waals surface area contributed by atoms with Gasteiger partial charge < -0.3 is 11.5 Å². The van der Waals surface area contributed by atoms with Gasteiger partial charge in [0.1, 0.15) is 5.82 Å². The molecule has 22 heavy (non-hydrogen) atoms. The highest BCUT2D eigenvalue weighted by molar-refractivity contribution is 7.99. The Morgan fingerprint density at radius 2 is 1.77 bits per heavy atom. The molecule has 0 aliphatic carbocycles. The summed E-state index contributed by atoms with van der Waals surface area (Å²) in [5.74, 6) is 0.601. The second-order valence-electron chi connectivity index (χ2n) is 4.96. The molecule has 1 atom stereocenters. The van der Waals surface area contributed by atoms with E-state index in [2.05, 4.69) is 16.9 Å². The average molecular weight is 331 g/mol. The molecule has 1 heterocycles. The normalized spacial score (nSPS) is 12.5. The Morgan fingerprint density at radius 3 is 2.50 bits per heavy atom. The van der Waals surface area contributed by atoms with Gasteiger partial charge in [0.05, 0.1) is 5.52 Å². The van der Waals surface area contributed by atoms with Gasteiger partial charge in [0.2, 0.25) is 5.95 Å². The van der Waals surface area contributed by atoms with Crippen molar-refractivity contribution in [1.82, 2.24) is 9.97 Å². The number of anilines is 2. The summed E-state index contributed by atoms with van der Waals surface area (Å²) in [5, 5.41) is 1.86. The Balaban J connectivity index is 1.89. The fourth-order valence-corrected chi connectivity index (χ4v) is 3.39. The maximum Gasteiger partial charge on any atom is 0.222 e. The number of halogens is 1. The van der Waals surface area contributed by atoms with Crippen molar-refractivity contribution in [2.75, 3.05) is 11.5 Å². The van der Waals surface area contributed by atoms with Gasteiger partial charge in [-0.15, -0.1) is 11.8 Å². The fourth-order valence-electron chi connectivity index (χ4n) is 2.23. The molecule has 1 aromatic heterocycles. The molecule has 112 valence electrons. The second kappa shape index (κ2) is 6.02. The zero-order chi connectivity index (χ0) is 15.7. The fraction of sp³-hybridized carbons (Fsp3) is 0.125. The predicted octanol–water partition coefficient (Wildman–Crippen LogP) is 4.30. The van der Waals surface area contributed by atoms with E-state index in [9.17, 15) is 0 Å². The number of thioether (sulfide) groups is 1. The van der Waals surface area contributed by atoms with Crippen molar-refractivity contribution in [1.29, 1.82) is 0 Å². The zero-order valence-corrected chi connectivity index (χ0v) is 13.5. The Kier molecular flexibility index (Phi) is 4.09. The van der Waals surface area contributed by atoms with Crippen LogP contribution in [0.25, 0.3) is 10.9 Å². The summed E-state index contributed by atoms with van der Waals surface area (Å²) in [5.41, 5.74) is 13.5. The number of aromatic nitrogens is 2. The van der Waals surface area contributed by atoms with Gasteiger partial charge in [0.15, 0.2) is 0 Å². The molecule has 0 aliphatic heterocycles. The number of benzene rings is 2. The molecule has 2 aromatic carbocycles. The zero-order valence-electron chi connectivity index (χ0n) is 12.0. The molecule has 0 bridgehead atoms. The van der Waals surface area contributed by atoms with Crippen molar-refractivity contribution in [2.45, 2.75) is 17.1 Å². The van der Waals surface area contributed by atoms with Gasteiger partial charge >= 0.3 is 0 Å². The molecule has 4 N–H and O–H groups in total. The van der Waals surface area contributed by atoms with Crippen molar-refractivity contribution in [3.8, 4) is 0 Å². The summed E-state index contributed by atoms with van der Waals surface area (Å²) in [6.45, 7) is 2.15. The van der Waals surface area contributed by atoms with Crippen LogP contribution in [0.4, 0.5) is 11.8 Å². The third-order valence-electron chi connectivity index (χ3n) is 3.37. The third-order valence-corrected chi connectivity index (χ3v) is 4.77. The molecule has 0 unspecified atom stereocenters. The number of fused-ring (bicyclic) bond motifs is 1. The first-order chi connectivity index (χ1) is 10.5. The number of nitrogens with two attached hydrogens (primary N) is 2. The largest absolute Gasteiger partial charge is 0.383 e. The Hall–Kier alpha value is -1.98. The first-order valence-corrected chi connectivity index (χ1v) is 8.03. The van der Waals surface area contributed by atoms with Crippen molar-refractivity contribution >= 4 is 46.0 Å². The molecular formula is C16H15ClN4S. The molecule has 3 aromatic rings. The number of nitrogens with zero attached hydrogens (tertiary/aromatic N) is 2. The van der Waals surface area contributed by atoms with Crippen LogP contribution in [0.3, 0.4) is 0 Å². The van der Waals surface area contributed by atoms with Gasteiger partial charge in [-0.2, -0.15) is 4.98 Å². The maximum atomic E-state index is 5.93. The summed E-state index contributed by atoms with van der Waals surface area (Å²) in [6, 6.07) is 13.8. The lowest BCUT2D eigenvalue weighted by Gasteiger charge is -2.12. The molecule has 0 radical (unpaired) electrons. The monoisotopic (exact) mass is 330 g/mol. The van der Waals surface area contributed by atoms with E-state index in [4.69, 9.17) is 23.1 Å². The second-order valence-corrected chi connectivity index (χ2v) is 6.81. The summed E-state index contributed by atoms with van der Waals surface area (Å²) in [7, 11) is 0. The van der Waals surface area contributed by atoms with Crippen LogP contribution in [0.2, 0.25) is 5.02 Å². The van der Waals surface area contributed by atoms with Crippen LogP contribution in [-0.2, 0) is 0 Å². The molecule has 0 spiro atoms. The highest BCUT2D eigenvalue weighted by atomic mass is 35.5. The highest BCUT2D eigenvalue weighted by Crippen LogP contribution is 2.36. The lowest BCUT2D eigenvalue weighted by atomic mass is 10.2. The van der Waals surface area contributed by atoms with Crippen molar-refractivity contribution in [2.24, 2.45) is 0 Å². The van der Waals surface area contributed by atoms with Gasteiger partial charge in [-0.25, -0.2) is 4.98 Å². The summed E-state index contributed by atoms with van der Waals surface area (Å²) in [4.78, 5) is 9.30. The minimum Gasteiger partial charge on any atom is -0.383 e. The number of nitrogen functional groups attached to an aromatic ring is 2. The Labute approximate surface area is 137 Å². The van der Waals surface area contributed by atoms with E-state index >= 15 is 0 Å². The standard InChI is InChI=1S/C16H15ClN4S/c1-9(10-2-4-11(17)5-3-10)22-12-6-7-14-13(8-12)15(18)21-16(19)20-14/h2-9H,1H3,(H4,18,19,20,21)/t9-/m1/s1. The molecule has 0 saturated heterocycles. The average Bonchev–Trinajstić information content (AvgIpc) is 2.48. The highest BCUT2D eigenvalue weighted by Gasteiger charge is 2.10. The molecular weight excluding hydrogens is 316 g/mol. The number of hydrogen-bond acceptors (Lipinski definition) is 5. The number of rotatable bonds is 3. The van der Waals surface area contributed by atoms with E-state index in [1.807, 2.05) is 42.5 Å². The minimum absolute atomic E-state index is 0.194. The lowest BCUT2D eigenvalue weighted by Crippen LogP contribution is -2.00. The lowest BCUT2D eigenvalue weighted by molar-refractivity contribution is 1.10. The quantitative estimate of drug-likeness (QED) is 0.700. The van der Waals surface area contributed by atoms with Crippen LogP contribution in [0.15, 0.2) is 47.4 Å². The number of hydrogen-bond donors (Lipinski definition) is 2. The smallest absolute Gasteiger partial charge is 0.222 e. The van der Waals surface area contributed by atoms with Crippen LogP contribution in [0, 0.1) is 0 Å². The van der Waals surface area contributed by atoms with E-state index in [0.29, 0.717) is 11.1 Å². The van der Waals surface area contributed by atoms with E-state index in [1.54, 1.807) is 11.8 Å². The summed E-state index contributed by atoms with van der Waals surface area (Å²) >= 11 is 7.67. The van der Waals surface area contributed by atoms with Crippen LogP contribution >= 0.6 is 23.4 Å². The van der Waals surface area contributed by atoms with Crippen LogP contribution < -0.4 is 11.5 Å². The Morgan fingerprint density at radius 1 is 1.05 bits per heavy atom. The predicted molar refractivity (Wildman–Crippen MR) is 94.1 cm³/mol. The van der Waals surface area contributed by atoms with Gasteiger partial charge in [-0.3, -0.25) is 0 Å². The first-order valence-electron chi connectivity index (χ1n) is 6.78. The van der Waals surface area contributed by atoms with E-state index in [1.165, 1.54) is 5.56 Å². The van der Waals surface area contributed by atoms with E-state index < -0.39 is 0 Å². The molecule has 4 nitrogen and oxygen atoms in total. The first kappa shape index (κ1) is 14.9. The summed E-state index contributed by atoms with van der Waals surface area (Å²) in [6.07, 6.45) is 0. The molecule has 3 rings (SSSR count). The van der Waals surface area contributed by atoms with Crippen LogP contribution in [0.1, 0.15) is 17.7 Å².